The van der Waals surface area contributed by atoms with Crippen LogP contribution in [0.15, 0.2) is 30.6 Å². The molecule has 2 rings (SSSR count). The van der Waals surface area contributed by atoms with Gasteiger partial charge in [-0.3, -0.25) is 9.78 Å². The number of benzene rings is 1. The largest absolute Gasteiger partial charge is 0.573 e. The maximum absolute atomic E-state index is 12.3. The summed E-state index contributed by atoms with van der Waals surface area (Å²) < 4.78 is 40.7. The molecule has 0 bridgehead atoms. The lowest BCUT2D eigenvalue weighted by Crippen LogP contribution is -2.24. The highest BCUT2D eigenvalue weighted by Crippen LogP contribution is 2.24. The number of nitrogens with one attached hydrogen (secondary N) is 1. The van der Waals surface area contributed by atoms with Gasteiger partial charge in [-0.25, -0.2) is 4.98 Å². The van der Waals surface area contributed by atoms with Crippen molar-refractivity contribution in [3.8, 4) is 5.75 Å². The van der Waals surface area contributed by atoms with Crippen molar-refractivity contribution in [2.45, 2.75) is 26.8 Å². The molecule has 0 aliphatic heterocycles. The highest BCUT2D eigenvalue weighted by Gasteiger charge is 2.31. The van der Waals surface area contributed by atoms with E-state index in [-0.39, 0.29) is 18.0 Å². The average Bonchev–Trinajstić information content (AvgIpc) is 2.42. The third kappa shape index (κ3) is 5.24. The first kappa shape index (κ1) is 16.7. The Hall–Kier alpha value is -2.64. The molecule has 23 heavy (non-hydrogen) atoms. The summed E-state index contributed by atoms with van der Waals surface area (Å²) >= 11 is 0. The molecule has 0 aliphatic carbocycles. The fourth-order valence-corrected chi connectivity index (χ4v) is 1.96. The summed E-state index contributed by atoms with van der Waals surface area (Å²) in [5.41, 5.74) is 1.81. The van der Waals surface area contributed by atoms with Gasteiger partial charge in [0.15, 0.2) is 0 Å². The van der Waals surface area contributed by atoms with Crippen LogP contribution in [0.4, 0.5) is 13.2 Å². The number of nitrogens with zero attached hydrogens (tertiary/aromatic N) is 2. The Bertz CT molecular complexity index is 717. The maximum atomic E-state index is 12.3. The first-order valence-electron chi connectivity index (χ1n) is 6.66. The molecule has 0 unspecified atom stereocenters. The molecule has 0 atom stereocenters. The van der Waals surface area contributed by atoms with E-state index in [1.807, 2.05) is 0 Å². The molecule has 1 heterocycles. The molecule has 1 amide bonds. The monoisotopic (exact) mass is 325 g/mol. The lowest BCUT2D eigenvalue weighted by atomic mass is 10.1. The van der Waals surface area contributed by atoms with Crippen LogP contribution in [0.3, 0.4) is 0 Å². The summed E-state index contributed by atoms with van der Waals surface area (Å²) in [6, 6.07) is 4.15. The number of hydrogen-bond acceptors (Lipinski definition) is 4. The molecular formula is C15H14F3N3O2. The Balaban J connectivity index is 2.07. The Morgan fingerprint density at radius 3 is 2.61 bits per heavy atom. The first-order valence-corrected chi connectivity index (χ1v) is 6.66. The number of carbonyl (C=O) groups excluding carboxylic acids is 1. The fourth-order valence-electron chi connectivity index (χ4n) is 1.96. The van der Waals surface area contributed by atoms with Crippen LogP contribution < -0.4 is 10.1 Å². The molecule has 0 spiro atoms. The Kier molecular flexibility index (Phi) is 4.83. The molecule has 122 valence electrons. The van der Waals surface area contributed by atoms with Gasteiger partial charge in [0.1, 0.15) is 11.4 Å². The number of hydrogen-bond donors (Lipinski definition) is 1. The number of ether oxygens (including phenoxy) is 1. The lowest BCUT2D eigenvalue weighted by Gasteiger charge is -2.12. The number of carbonyl (C=O) groups is 1. The third-order valence-corrected chi connectivity index (χ3v) is 2.78. The van der Waals surface area contributed by atoms with E-state index in [4.69, 9.17) is 0 Å². The van der Waals surface area contributed by atoms with Gasteiger partial charge in [-0.1, -0.05) is 6.07 Å². The minimum absolute atomic E-state index is 0.0460. The normalized spacial score (nSPS) is 11.2. The second-order valence-corrected chi connectivity index (χ2v) is 4.93. The zero-order valence-electron chi connectivity index (χ0n) is 12.4. The number of alkyl halides is 3. The number of rotatable bonds is 4. The molecule has 1 aromatic heterocycles. The van der Waals surface area contributed by atoms with Crippen molar-refractivity contribution in [3.63, 3.8) is 0 Å². The Labute approximate surface area is 130 Å². The van der Waals surface area contributed by atoms with Crippen molar-refractivity contribution in [1.29, 1.82) is 0 Å². The second kappa shape index (κ2) is 6.64. The zero-order chi connectivity index (χ0) is 17.0. The molecular weight excluding hydrogens is 311 g/mol. The molecule has 0 aliphatic rings. The van der Waals surface area contributed by atoms with Crippen LogP contribution in [0, 0.1) is 13.8 Å². The van der Waals surface area contributed by atoms with Crippen molar-refractivity contribution in [2.24, 2.45) is 0 Å². The smallest absolute Gasteiger partial charge is 0.406 e. The van der Waals surface area contributed by atoms with E-state index in [2.05, 4.69) is 20.0 Å². The van der Waals surface area contributed by atoms with E-state index >= 15 is 0 Å². The highest BCUT2D eigenvalue weighted by molar-refractivity contribution is 5.91. The predicted molar refractivity (Wildman–Crippen MR) is 75.8 cm³/mol. The molecule has 5 nitrogen and oxygen atoms in total. The van der Waals surface area contributed by atoms with E-state index in [0.29, 0.717) is 16.8 Å². The van der Waals surface area contributed by atoms with Crippen LogP contribution >= 0.6 is 0 Å². The summed E-state index contributed by atoms with van der Waals surface area (Å²) in [6.45, 7) is 3.38. The van der Waals surface area contributed by atoms with Gasteiger partial charge in [0.2, 0.25) is 0 Å². The van der Waals surface area contributed by atoms with Crippen LogP contribution in [0.5, 0.6) is 5.75 Å². The average molecular weight is 325 g/mol. The molecule has 1 N–H and O–H groups in total. The van der Waals surface area contributed by atoms with E-state index in [9.17, 15) is 18.0 Å². The van der Waals surface area contributed by atoms with Crippen molar-refractivity contribution in [1.82, 2.24) is 15.3 Å². The van der Waals surface area contributed by atoms with Crippen molar-refractivity contribution in [3.05, 3.63) is 53.1 Å². The first-order chi connectivity index (χ1) is 10.7. The predicted octanol–water partition coefficient (Wildman–Crippen LogP) is 2.92. The Morgan fingerprint density at radius 1 is 1.22 bits per heavy atom. The summed E-state index contributed by atoms with van der Waals surface area (Å²) in [6.07, 6.45) is -1.93. The van der Waals surface area contributed by atoms with Gasteiger partial charge in [-0.15, -0.1) is 13.2 Å². The van der Waals surface area contributed by atoms with E-state index in [0.717, 1.165) is 0 Å². The zero-order valence-corrected chi connectivity index (χ0v) is 12.4. The van der Waals surface area contributed by atoms with E-state index in [1.165, 1.54) is 24.5 Å². The summed E-state index contributed by atoms with van der Waals surface area (Å²) in [7, 11) is 0. The quantitative estimate of drug-likeness (QED) is 0.939. The van der Waals surface area contributed by atoms with E-state index in [1.54, 1.807) is 19.9 Å². The maximum Gasteiger partial charge on any atom is 0.573 e. The number of aromatic nitrogens is 2. The fraction of sp³-hybridized carbons (Fsp3) is 0.267. The van der Waals surface area contributed by atoms with Crippen LogP contribution in [0.1, 0.15) is 27.3 Å². The molecule has 1 aromatic carbocycles. The summed E-state index contributed by atoms with van der Waals surface area (Å²) in [4.78, 5) is 19.8. The van der Waals surface area contributed by atoms with Gasteiger partial charge in [0.05, 0.1) is 11.9 Å². The lowest BCUT2D eigenvalue weighted by molar-refractivity contribution is -0.274. The topological polar surface area (TPSA) is 64.1 Å². The SMILES string of the molecule is Cc1cc(CNC(=O)c2cncc(C)n2)cc(OC(F)(F)F)c1. The van der Waals surface area contributed by atoms with Crippen LogP contribution in [0.2, 0.25) is 0 Å². The summed E-state index contributed by atoms with van der Waals surface area (Å²) in [5.74, 6) is -0.780. The van der Waals surface area contributed by atoms with Crippen LogP contribution in [-0.2, 0) is 6.54 Å². The molecule has 0 fully saturated rings. The van der Waals surface area contributed by atoms with Gasteiger partial charge < -0.3 is 10.1 Å². The minimum Gasteiger partial charge on any atom is -0.406 e. The minimum atomic E-state index is -4.76. The van der Waals surface area contributed by atoms with Gasteiger partial charge in [0, 0.05) is 12.7 Å². The molecule has 2 aromatic rings. The standard InChI is InChI=1S/C15H14F3N3O2/c1-9-3-11(5-12(4-9)23-15(16,17)18)7-20-14(22)13-8-19-6-10(2)21-13/h3-6,8H,7H2,1-2H3,(H,20,22). The highest BCUT2D eigenvalue weighted by atomic mass is 19.4. The van der Waals surface area contributed by atoms with Gasteiger partial charge in [-0.05, 0) is 37.1 Å². The number of aryl methyl sites for hydroxylation is 2. The van der Waals surface area contributed by atoms with Crippen molar-refractivity contribution < 1.29 is 22.7 Å². The second-order valence-electron chi connectivity index (χ2n) is 4.93. The third-order valence-electron chi connectivity index (χ3n) is 2.78. The van der Waals surface area contributed by atoms with Crippen LogP contribution in [-0.4, -0.2) is 22.2 Å². The van der Waals surface area contributed by atoms with Gasteiger partial charge in [0.25, 0.3) is 5.91 Å². The van der Waals surface area contributed by atoms with Crippen molar-refractivity contribution >= 4 is 5.91 Å². The van der Waals surface area contributed by atoms with Crippen LogP contribution in [0.25, 0.3) is 0 Å². The molecule has 0 saturated carbocycles. The number of amides is 1. The summed E-state index contributed by atoms with van der Waals surface area (Å²) in [5, 5.41) is 2.58. The Morgan fingerprint density at radius 2 is 1.96 bits per heavy atom. The number of halogens is 3. The van der Waals surface area contributed by atoms with Crippen molar-refractivity contribution in [2.75, 3.05) is 0 Å². The van der Waals surface area contributed by atoms with Gasteiger partial charge in [-0.2, -0.15) is 0 Å². The molecule has 0 saturated heterocycles. The molecule has 0 radical (unpaired) electrons. The van der Waals surface area contributed by atoms with E-state index < -0.39 is 12.3 Å². The van der Waals surface area contributed by atoms with Gasteiger partial charge >= 0.3 is 6.36 Å². The molecule has 8 heteroatoms.